The number of hydrogen-bond donors (Lipinski definition) is 0. The minimum atomic E-state index is -0.206. The van der Waals surface area contributed by atoms with Crippen LogP contribution in [0.5, 0.6) is 0 Å². The Morgan fingerprint density at radius 1 is 1.16 bits per heavy atom. The number of carbonyl (C=O) groups excluding carboxylic acids is 1. The molecule has 0 atom stereocenters. The fourth-order valence-electron chi connectivity index (χ4n) is 2.92. The predicted molar refractivity (Wildman–Crippen MR) is 98.5 cm³/mol. The van der Waals surface area contributed by atoms with Crippen molar-refractivity contribution < 1.29 is 4.79 Å². The van der Waals surface area contributed by atoms with Crippen molar-refractivity contribution in [1.29, 1.82) is 0 Å². The van der Waals surface area contributed by atoms with E-state index in [1.54, 1.807) is 30.3 Å². The van der Waals surface area contributed by atoms with Gasteiger partial charge in [-0.2, -0.15) is 4.68 Å². The van der Waals surface area contributed by atoms with E-state index in [4.69, 9.17) is 11.6 Å². The Labute approximate surface area is 151 Å². The fourth-order valence-corrected chi connectivity index (χ4v) is 3.10. The van der Waals surface area contributed by atoms with Crippen molar-refractivity contribution in [3.8, 4) is 5.69 Å². The second-order valence-corrected chi connectivity index (χ2v) is 6.48. The van der Waals surface area contributed by atoms with Gasteiger partial charge in [0.1, 0.15) is 5.82 Å². The number of amides is 1. The third kappa shape index (κ3) is 4.02. The molecule has 1 aliphatic heterocycles. The first kappa shape index (κ1) is 17.5. The summed E-state index contributed by atoms with van der Waals surface area (Å²) in [5.41, 5.74) is 0.430. The van der Waals surface area contributed by atoms with E-state index in [0.29, 0.717) is 43.3 Å². The molecule has 0 N–H and O–H groups in total. The second kappa shape index (κ2) is 7.70. The zero-order chi connectivity index (χ0) is 17.8. The number of hydrogen-bond acceptors (Lipinski definition) is 4. The average molecular weight is 361 g/mol. The maximum Gasteiger partial charge on any atom is 0.271 e. The summed E-state index contributed by atoms with van der Waals surface area (Å²) < 4.78 is 1.36. The van der Waals surface area contributed by atoms with Crippen LogP contribution in [0.15, 0.2) is 41.2 Å². The zero-order valence-corrected chi connectivity index (χ0v) is 14.9. The number of nitrogens with zero attached hydrogens (tertiary/aromatic N) is 4. The lowest BCUT2D eigenvalue weighted by Gasteiger charge is -2.35. The summed E-state index contributed by atoms with van der Waals surface area (Å²) in [6.07, 6.45) is 1.46. The van der Waals surface area contributed by atoms with Crippen LogP contribution in [0.4, 0.5) is 5.82 Å². The molecule has 6 nitrogen and oxygen atoms in total. The van der Waals surface area contributed by atoms with E-state index in [0.717, 1.165) is 12.2 Å². The molecule has 1 saturated heterocycles. The number of halogens is 1. The van der Waals surface area contributed by atoms with Gasteiger partial charge in [0.05, 0.1) is 5.69 Å². The molecule has 0 radical (unpaired) electrons. The number of rotatable bonds is 4. The molecule has 25 heavy (non-hydrogen) atoms. The summed E-state index contributed by atoms with van der Waals surface area (Å²) in [5.74, 6) is 0.932. The van der Waals surface area contributed by atoms with Gasteiger partial charge < -0.3 is 9.80 Å². The molecule has 1 aromatic heterocycles. The number of anilines is 1. The number of piperazine rings is 1. The van der Waals surface area contributed by atoms with Crippen LogP contribution < -0.4 is 10.5 Å². The molecule has 1 aromatic carbocycles. The minimum Gasteiger partial charge on any atom is -0.352 e. The van der Waals surface area contributed by atoms with Crippen molar-refractivity contribution >= 4 is 23.3 Å². The highest BCUT2D eigenvalue weighted by atomic mass is 35.5. The van der Waals surface area contributed by atoms with E-state index in [9.17, 15) is 9.59 Å². The van der Waals surface area contributed by atoms with Gasteiger partial charge in [-0.05, 0) is 30.7 Å². The second-order valence-electron chi connectivity index (χ2n) is 6.04. The fraction of sp³-hybridized carbons (Fsp3) is 0.389. The van der Waals surface area contributed by atoms with Crippen molar-refractivity contribution in [3.63, 3.8) is 0 Å². The van der Waals surface area contributed by atoms with E-state index in [1.165, 1.54) is 10.7 Å². The molecule has 2 heterocycles. The van der Waals surface area contributed by atoms with E-state index in [-0.39, 0.29) is 11.5 Å². The van der Waals surface area contributed by atoms with E-state index in [1.807, 2.05) is 11.8 Å². The first-order valence-corrected chi connectivity index (χ1v) is 8.85. The number of carbonyl (C=O) groups is 1. The van der Waals surface area contributed by atoms with Crippen LogP contribution in [-0.4, -0.2) is 46.8 Å². The van der Waals surface area contributed by atoms with Crippen molar-refractivity contribution in [2.45, 2.75) is 19.8 Å². The molecular weight excluding hydrogens is 340 g/mol. The van der Waals surface area contributed by atoms with Crippen molar-refractivity contribution in [2.75, 3.05) is 31.1 Å². The summed E-state index contributed by atoms with van der Waals surface area (Å²) in [6.45, 7) is 4.77. The molecule has 1 amide bonds. The van der Waals surface area contributed by atoms with Gasteiger partial charge in [-0.1, -0.05) is 24.6 Å². The Hall–Kier alpha value is -2.34. The Morgan fingerprint density at radius 3 is 2.60 bits per heavy atom. The zero-order valence-electron chi connectivity index (χ0n) is 14.2. The van der Waals surface area contributed by atoms with Crippen LogP contribution in [-0.2, 0) is 4.79 Å². The van der Waals surface area contributed by atoms with Crippen molar-refractivity contribution in [1.82, 2.24) is 14.7 Å². The summed E-state index contributed by atoms with van der Waals surface area (Å²) in [7, 11) is 0. The summed E-state index contributed by atoms with van der Waals surface area (Å²) in [4.78, 5) is 28.1. The molecule has 1 aliphatic rings. The highest BCUT2D eigenvalue weighted by molar-refractivity contribution is 6.30. The van der Waals surface area contributed by atoms with E-state index in [2.05, 4.69) is 10.00 Å². The predicted octanol–water partition coefficient (Wildman–Crippen LogP) is 2.33. The first-order chi connectivity index (χ1) is 12.1. The average Bonchev–Trinajstić information content (AvgIpc) is 2.62. The molecule has 0 unspecified atom stereocenters. The topological polar surface area (TPSA) is 58.4 Å². The smallest absolute Gasteiger partial charge is 0.271 e. The monoisotopic (exact) mass is 360 g/mol. The van der Waals surface area contributed by atoms with Crippen LogP contribution >= 0.6 is 11.6 Å². The Balaban J connectivity index is 1.77. The molecule has 2 aromatic rings. The molecular formula is C18H21ClN4O2. The van der Waals surface area contributed by atoms with Crippen LogP contribution in [0.25, 0.3) is 5.69 Å². The molecule has 0 aliphatic carbocycles. The number of benzene rings is 1. The van der Waals surface area contributed by atoms with Gasteiger partial charge in [0.2, 0.25) is 5.91 Å². The van der Waals surface area contributed by atoms with Crippen LogP contribution in [0.2, 0.25) is 5.02 Å². The number of aromatic nitrogens is 2. The van der Waals surface area contributed by atoms with Gasteiger partial charge in [-0.25, -0.2) is 0 Å². The normalized spacial score (nSPS) is 14.6. The maximum atomic E-state index is 12.2. The summed E-state index contributed by atoms with van der Waals surface area (Å²) in [5, 5.41) is 5.04. The quantitative estimate of drug-likeness (QED) is 0.839. The van der Waals surface area contributed by atoms with Crippen molar-refractivity contribution in [2.24, 2.45) is 0 Å². The van der Waals surface area contributed by atoms with Crippen LogP contribution in [0.1, 0.15) is 19.8 Å². The molecule has 0 spiro atoms. The SMILES string of the molecule is CCCC(=O)N1CCN(c2ccc(=O)n(-c3cccc(Cl)c3)n2)CC1. The molecule has 7 heteroatoms. The molecule has 0 bridgehead atoms. The lowest BCUT2D eigenvalue weighted by molar-refractivity contribution is -0.131. The maximum absolute atomic E-state index is 12.2. The third-order valence-electron chi connectivity index (χ3n) is 4.26. The van der Waals surface area contributed by atoms with Gasteiger partial charge in [-0.15, -0.1) is 5.10 Å². The van der Waals surface area contributed by atoms with Gasteiger partial charge in [0.15, 0.2) is 0 Å². The van der Waals surface area contributed by atoms with Gasteiger partial charge in [0, 0.05) is 43.7 Å². The molecule has 132 valence electrons. The van der Waals surface area contributed by atoms with E-state index >= 15 is 0 Å². The molecule has 1 fully saturated rings. The Kier molecular flexibility index (Phi) is 5.38. The van der Waals surface area contributed by atoms with Gasteiger partial charge >= 0.3 is 0 Å². The van der Waals surface area contributed by atoms with Crippen LogP contribution in [0.3, 0.4) is 0 Å². The van der Waals surface area contributed by atoms with Crippen molar-refractivity contribution in [3.05, 3.63) is 51.8 Å². The molecule has 3 rings (SSSR count). The summed E-state index contributed by atoms with van der Waals surface area (Å²) >= 11 is 6.02. The minimum absolute atomic E-state index is 0.206. The Bertz CT molecular complexity index is 813. The standard InChI is InChI=1S/C18H21ClN4O2/c1-2-4-17(24)22-11-9-21(10-12-22)16-7-8-18(25)23(20-16)15-6-3-5-14(19)13-15/h3,5-8,13H,2,4,9-12H2,1H3. The lowest BCUT2D eigenvalue weighted by Crippen LogP contribution is -2.49. The van der Waals surface area contributed by atoms with E-state index < -0.39 is 0 Å². The third-order valence-corrected chi connectivity index (χ3v) is 4.49. The van der Waals surface area contributed by atoms with Gasteiger partial charge in [-0.3, -0.25) is 9.59 Å². The highest BCUT2D eigenvalue weighted by Gasteiger charge is 2.21. The lowest BCUT2D eigenvalue weighted by atomic mass is 10.2. The molecule has 0 saturated carbocycles. The Morgan fingerprint density at radius 2 is 1.92 bits per heavy atom. The first-order valence-electron chi connectivity index (χ1n) is 8.47. The summed E-state index contributed by atoms with van der Waals surface area (Å²) in [6, 6.07) is 10.3. The highest BCUT2D eigenvalue weighted by Crippen LogP contribution is 2.16. The largest absolute Gasteiger partial charge is 0.352 e. The van der Waals surface area contributed by atoms with Crippen LogP contribution in [0, 0.1) is 0 Å². The van der Waals surface area contributed by atoms with Gasteiger partial charge in [0.25, 0.3) is 5.56 Å².